The topological polar surface area (TPSA) is 24.6 Å². The zero-order valence-corrected chi connectivity index (χ0v) is 47.5. The van der Waals surface area contributed by atoms with Gasteiger partial charge in [0.2, 0.25) is 0 Å². The van der Waals surface area contributed by atoms with Gasteiger partial charge in [-0.25, -0.2) is 0 Å². The van der Waals surface area contributed by atoms with Crippen molar-refractivity contribution in [3.8, 4) is 50.7 Å². The molecule has 0 amide bonds. The third kappa shape index (κ3) is 7.23. The average molecular weight is 1140 g/mol. The number of halogens is 3. The molecule has 13 aromatic carbocycles. The molecule has 18 aromatic rings. The van der Waals surface area contributed by atoms with Crippen molar-refractivity contribution in [2.75, 3.05) is 0 Å². The van der Waals surface area contributed by atoms with Gasteiger partial charge in [-0.15, -0.1) is 0 Å². The van der Waals surface area contributed by atoms with Crippen LogP contribution in [0.3, 0.4) is 0 Å². The maximum absolute atomic E-state index is 15.6. The molecule has 0 fully saturated rings. The third-order valence-corrected chi connectivity index (χ3v) is 18.3. The number of hydrogen-bond acceptors (Lipinski definition) is 0. The van der Waals surface area contributed by atoms with Crippen LogP contribution in [0.1, 0.15) is 11.1 Å². The first-order chi connectivity index (χ1) is 43.2. The van der Waals surface area contributed by atoms with Gasteiger partial charge in [-0.1, -0.05) is 182 Å². The van der Waals surface area contributed by atoms with E-state index in [1.54, 1.807) is 6.92 Å². The molecule has 416 valence electrons. The Morgan fingerprint density at radius 3 is 1.00 bits per heavy atom. The minimum atomic E-state index is -4.63. The zero-order valence-electron chi connectivity index (χ0n) is 47.5. The first-order valence-corrected chi connectivity index (χ1v) is 29.7. The predicted molar refractivity (Wildman–Crippen MR) is 359 cm³/mol. The maximum atomic E-state index is 15.6. The lowest BCUT2D eigenvalue weighted by Gasteiger charge is -2.28. The van der Waals surface area contributed by atoms with E-state index < -0.39 is 11.7 Å². The van der Waals surface area contributed by atoms with E-state index in [-0.39, 0.29) is 0 Å². The van der Waals surface area contributed by atoms with Crippen LogP contribution in [-0.2, 0) is 6.18 Å². The molecule has 0 aliphatic rings. The summed E-state index contributed by atoms with van der Waals surface area (Å²) in [6, 6.07) is 99.2. The van der Waals surface area contributed by atoms with Crippen molar-refractivity contribution >= 4 is 109 Å². The Morgan fingerprint density at radius 1 is 0.250 bits per heavy atom. The number of benzene rings is 13. The van der Waals surface area contributed by atoms with Crippen LogP contribution in [0.5, 0.6) is 0 Å². The quantitative estimate of drug-likeness (QED) is 0.152. The van der Waals surface area contributed by atoms with Crippen LogP contribution in [0.2, 0.25) is 0 Å². The number of aryl methyl sites for hydroxylation is 1. The van der Waals surface area contributed by atoms with Crippen molar-refractivity contribution in [2.45, 2.75) is 13.1 Å². The van der Waals surface area contributed by atoms with E-state index in [0.717, 1.165) is 138 Å². The second kappa shape index (κ2) is 18.8. The summed E-state index contributed by atoms with van der Waals surface area (Å²) in [5.74, 6) is 0. The highest BCUT2D eigenvalue weighted by Crippen LogP contribution is 2.51. The molecule has 0 unspecified atom stereocenters. The van der Waals surface area contributed by atoms with Crippen molar-refractivity contribution < 1.29 is 13.2 Å². The van der Waals surface area contributed by atoms with E-state index in [9.17, 15) is 0 Å². The number of para-hydroxylation sites is 9. The Balaban J connectivity index is 1.06. The zero-order chi connectivity index (χ0) is 58.5. The smallest absolute Gasteiger partial charge is 0.309 e. The molecule has 5 aromatic heterocycles. The monoisotopic (exact) mass is 1140 g/mol. The van der Waals surface area contributed by atoms with Crippen molar-refractivity contribution in [1.82, 2.24) is 22.8 Å². The first-order valence-electron chi connectivity index (χ1n) is 29.7. The molecule has 0 aliphatic carbocycles. The normalized spacial score (nSPS) is 12.3. The number of aromatic nitrogens is 5. The van der Waals surface area contributed by atoms with Crippen LogP contribution < -0.4 is 0 Å². The summed E-state index contributed by atoms with van der Waals surface area (Å²) >= 11 is 0. The van der Waals surface area contributed by atoms with Crippen LogP contribution >= 0.6 is 0 Å². The number of rotatable bonds is 7. The summed E-state index contributed by atoms with van der Waals surface area (Å²) in [7, 11) is 0. The van der Waals surface area contributed by atoms with Gasteiger partial charge in [0.1, 0.15) is 0 Å². The molecule has 0 bridgehead atoms. The van der Waals surface area contributed by atoms with Crippen LogP contribution in [0.4, 0.5) is 13.2 Å². The predicted octanol–water partition coefficient (Wildman–Crippen LogP) is 21.8. The molecule has 0 aliphatic heterocycles. The van der Waals surface area contributed by atoms with E-state index in [4.69, 9.17) is 0 Å². The fourth-order valence-corrected chi connectivity index (χ4v) is 14.7. The molecule has 88 heavy (non-hydrogen) atoms. The van der Waals surface area contributed by atoms with Gasteiger partial charge in [0, 0.05) is 65.1 Å². The molecule has 0 N–H and O–H groups in total. The van der Waals surface area contributed by atoms with Crippen molar-refractivity contribution in [3.63, 3.8) is 0 Å². The molecular formula is C80H50F3N5. The number of alkyl halides is 3. The van der Waals surface area contributed by atoms with Gasteiger partial charge in [0.25, 0.3) is 0 Å². The van der Waals surface area contributed by atoms with Crippen molar-refractivity contribution in [1.29, 1.82) is 0 Å². The Bertz CT molecular complexity index is 5790. The molecule has 0 saturated carbocycles. The summed E-state index contributed by atoms with van der Waals surface area (Å²) in [6.07, 6.45) is -4.63. The van der Waals surface area contributed by atoms with Gasteiger partial charge >= 0.3 is 6.18 Å². The van der Waals surface area contributed by atoms with E-state index in [2.05, 4.69) is 290 Å². The summed E-state index contributed by atoms with van der Waals surface area (Å²) in [4.78, 5) is 0. The Labute approximate surface area is 502 Å². The highest BCUT2D eigenvalue weighted by Gasteiger charge is 2.35. The fourth-order valence-electron chi connectivity index (χ4n) is 14.7. The Hall–Kier alpha value is -11.4. The van der Waals surface area contributed by atoms with Gasteiger partial charge in [0.15, 0.2) is 0 Å². The standard InChI is InChI=1S/C80H50F3N5/c1-49-43-52(45-53(44-49)80(81,82)83)63-48-76(85-67-32-14-5-23-55(67)56-24-6-15-33-68(56)85)78(79(88-71-36-18-9-27-59(71)60-28-10-19-37-72(60)88)77(63)86-69-34-16-7-25-57(69)58-26-8-17-35-70(58)86)87-73-38-20-12-30-62(73)65-47-51(40-42-75(65)87)50-39-41-74-64(46-50)61-29-11-13-31-66(61)84(74)54-21-3-2-4-22-54/h2-48H,1H3. The largest absolute Gasteiger partial charge is 0.416 e. The molecule has 5 nitrogen and oxygen atoms in total. The molecule has 0 radical (unpaired) electrons. The van der Waals surface area contributed by atoms with Crippen LogP contribution in [0.15, 0.2) is 285 Å². The van der Waals surface area contributed by atoms with Gasteiger partial charge < -0.3 is 22.8 Å². The molecule has 0 spiro atoms. The van der Waals surface area contributed by atoms with E-state index in [1.165, 1.54) is 22.9 Å². The SMILES string of the molecule is Cc1cc(-c2cc(-n3c4ccccc4c4ccccc43)c(-n3c4ccccc4c4cc(-c5ccc6c(c5)c5ccccc5n6-c5ccccc5)ccc43)c(-n3c4ccccc4c4ccccc43)c2-n2c3ccccc3c3ccccc32)cc(C(F)(F)F)c1. The summed E-state index contributed by atoms with van der Waals surface area (Å²) in [5, 5.41) is 10.7. The second-order valence-corrected chi connectivity index (χ2v) is 23.2. The second-order valence-electron chi connectivity index (χ2n) is 23.2. The minimum Gasteiger partial charge on any atom is -0.309 e. The van der Waals surface area contributed by atoms with E-state index in [1.807, 2.05) is 6.07 Å². The van der Waals surface area contributed by atoms with Crippen LogP contribution in [0, 0.1) is 6.92 Å². The van der Waals surface area contributed by atoms with Crippen molar-refractivity contribution in [3.05, 3.63) is 296 Å². The highest BCUT2D eigenvalue weighted by atomic mass is 19.4. The molecule has 18 rings (SSSR count). The van der Waals surface area contributed by atoms with E-state index in [0.29, 0.717) is 16.7 Å². The summed E-state index contributed by atoms with van der Waals surface area (Å²) in [5.41, 5.74) is 17.1. The van der Waals surface area contributed by atoms with Crippen molar-refractivity contribution in [2.24, 2.45) is 0 Å². The summed E-state index contributed by atoms with van der Waals surface area (Å²) in [6.45, 7) is 1.77. The van der Waals surface area contributed by atoms with Crippen LogP contribution in [0.25, 0.3) is 160 Å². The van der Waals surface area contributed by atoms with Gasteiger partial charge in [-0.3, -0.25) is 0 Å². The molecule has 5 heterocycles. The van der Waals surface area contributed by atoms with Crippen LogP contribution in [-0.4, -0.2) is 22.8 Å². The van der Waals surface area contributed by atoms with Gasteiger partial charge in [-0.2, -0.15) is 13.2 Å². The lowest BCUT2D eigenvalue weighted by atomic mass is 9.95. The van der Waals surface area contributed by atoms with E-state index >= 15 is 13.2 Å². The van der Waals surface area contributed by atoms with Gasteiger partial charge in [-0.05, 0) is 132 Å². The molecular weight excluding hydrogens is 1090 g/mol. The number of hydrogen-bond donors (Lipinski definition) is 0. The fraction of sp³-hybridized carbons (Fsp3) is 0.0250. The Morgan fingerprint density at radius 2 is 0.580 bits per heavy atom. The lowest BCUT2D eigenvalue weighted by molar-refractivity contribution is -0.137. The number of fused-ring (bicyclic) bond motifs is 15. The average Bonchev–Trinajstić information content (AvgIpc) is 1.48. The number of nitrogens with zero attached hydrogens (tertiary/aromatic N) is 5. The first kappa shape index (κ1) is 50.0. The molecule has 0 atom stereocenters. The third-order valence-electron chi connectivity index (χ3n) is 18.3. The summed E-state index contributed by atoms with van der Waals surface area (Å²) < 4.78 is 58.7. The molecule has 0 saturated heterocycles. The molecule has 8 heteroatoms. The highest BCUT2D eigenvalue weighted by molar-refractivity contribution is 6.18. The van der Waals surface area contributed by atoms with Gasteiger partial charge in [0.05, 0.1) is 83.5 Å². The maximum Gasteiger partial charge on any atom is 0.416 e. The minimum absolute atomic E-state index is 0.440. The lowest BCUT2D eigenvalue weighted by Crippen LogP contribution is -2.15. The Kier molecular flexibility index (Phi) is 10.7.